The van der Waals surface area contributed by atoms with Crippen LogP contribution in [0.2, 0.25) is 0 Å². The number of carbonyl (C=O) groups is 1. The van der Waals surface area contributed by atoms with E-state index in [0.29, 0.717) is 24.7 Å². The summed E-state index contributed by atoms with van der Waals surface area (Å²) in [6, 6.07) is 13.0. The summed E-state index contributed by atoms with van der Waals surface area (Å²) in [4.78, 5) is 12.0. The average Bonchev–Trinajstić information content (AvgIpc) is 2.69. The fourth-order valence-electron chi connectivity index (χ4n) is 2.32. The number of amides is 1. The number of methoxy groups -OCH3 is 2. The maximum Gasteiger partial charge on any atom is 0.244 e. The van der Waals surface area contributed by atoms with Gasteiger partial charge in [0.05, 0.1) is 14.2 Å². The monoisotopic (exact) mass is 353 g/mol. The molecule has 0 aliphatic heterocycles. The summed E-state index contributed by atoms with van der Waals surface area (Å²) in [5, 5.41) is 2.84. The third-order valence-corrected chi connectivity index (χ3v) is 3.62. The lowest BCUT2D eigenvalue weighted by atomic mass is 10.2. The van der Waals surface area contributed by atoms with Gasteiger partial charge in [-0.25, -0.2) is 0 Å². The van der Waals surface area contributed by atoms with Crippen LogP contribution in [-0.2, 0) is 11.3 Å². The molecular weight excluding hydrogens is 330 g/mol. The number of hydrogen-bond donors (Lipinski definition) is 1. The molecule has 136 valence electrons. The zero-order valence-electron chi connectivity index (χ0n) is 15.0. The van der Waals surface area contributed by atoms with Crippen molar-refractivity contribution < 1.29 is 19.0 Å². The third kappa shape index (κ3) is 5.41. The molecule has 1 amide bonds. The molecular formula is C21H23NO4. The Morgan fingerprint density at radius 1 is 1.08 bits per heavy atom. The highest BCUT2D eigenvalue weighted by Gasteiger charge is 2.05. The second-order valence-corrected chi connectivity index (χ2v) is 5.37. The fourth-order valence-corrected chi connectivity index (χ4v) is 2.32. The molecule has 0 fully saturated rings. The van der Waals surface area contributed by atoms with Crippen LogP contribution in [0.1, 0.15) is 11.1 Å². The second-order valence-electron chi connectivity index (χ2n) is 5.37. The van der Waals surface area contributed by atoms with E-state index in [-0.39, 0.29) is 5.91 Å². The topological polar surface area (TPSA) is 56.8 Å². The molecule has 5 heteroatoms. The van der Waals surface area contributed by atoms with E-state index in [1.165, 1.54) is 6.08 Å². The summed E-state index contributed by atoms with van der Waals surface area (Å²) in [6.45, 7) is 4.41. The third-order valence-electron chi connectivity index (χ3n) is 3.62. The van der Waals surface area contributed by atoms with Gasteiger partial charge in [0.2, 0.25) is 5.91 Å². The molecule has 0 aliphatic rings. The van der Waals surface area contributed by atoms with E-state index in [1.807, 2.05) is 36.4 Å². The van der Waals surface area contributed by atoms with Gasteiger partial charge in [0.1, 0.15) is 12.4 Å². The molecule has 0 atom stereocenters. The molecule has 2 aromatic rings. The lowest BCUT2D eigenvalue weighted by molar-refractivity contribution is -0.116. The molecule has 2 aromatic carbocycles. The molecule has 0 radical (unpaired) electrons. The second kappa shape index (κ2) is 9.93. The lowest BCUT2D eigenvalue weighted by Crippen LogP contribution is -2.20. The Labute approximate surface area is 153 Å². The number of ether oxygens (including phenoxy) is 3. The van der Waals surface area contributed by atoms with Crippen LogP contribution in [0.4, 0.5) is 0 Å². The summed E-state index contributed by atoms with van der Waals surface area (Å²) in [6.07, 6.45) is 4.87. The molecule has 0 aromatic heterocycles. The van der Waals surface area contributed by atoms with E-state index in [4.69, 9.17) is 14.2 Å². The van der Waals surface area contributed by atoms with Gasteiger partial charge in [-0.15, -0.1) is 0 Å². The quantitative estimate of drug-likeness (QED) is 0.553. The highest BCUT2D eigenvalue weighted by atomic mass is 16.5. The predicted molar refractivity (Wildman–Crippen MR) is 103 cm³/mol. The first-order chi connectivity index (χ1) is 12.7. The zero-order valence-corrected chi connectivity index (χ0v) is 15.0. The van der Waals surface area contributed by atoms with Crippen LogP contribution in [0.25, 0.3) is 6.08 Å². The molecule has 26 heavy (non-hydrogen) atoms. The highest BCUT2D eigenvalue weighted by molar-refractivity contribution is 5.91. The highest BCUT2D eigenvalue weighted by Crippen LogP contribution is 2.28. The number of benzene rings is 2. The Balaban J connectivity index is 1.97. The zero-order chi connectivity index (χ0) is 18.8. The van der Waals surface area contributed by atoms with Gasteiger partial charge in [0.25, 0.3) is 0 Å². The average molecular weight is 353 g/mol. The molecule has 5 nitrogen and oxygen atoms in total. The van der Waals surface area contributed by atoms with Crippen molar-refractivity contribution in [3.05, 3.63) is 72.3 Å². The molecule has 1 N–H and O–H groups in total. The molecule has 0 unspecified atom stereocenters. The van der Waals surface area contributed by atoms with Crippen LogP contribution < -0.4 is 19.5 Å². The standard InChI is InChI=1S/C21H23NO4/c1-4-13-26-19-11-9-16(14-20(19)25-3)10-12-21(23)22-15-17-7-5-6-8-18(17)24-2/h4-12,14H,1,13,15H2,2-3H3,(H,22,23)/b12-10+. The van der Waals surface area contributed by atoms with Crippen molar-refractivity contribution in [3.63, 3.8) is 0 Å². The maximum absolute atomic E-state index is 12.0. The van der Waals surface area contributed by atoms with Crippen LogP contribution in [0, 0.1) is 0 Å². The number of hydrogen-bond acceptors (Lipinski definition) is 4. The summed E-state index contributed by atoms with van der Waals surface area (Å²) >= 11 is 0. The predicted octanol–water partition coefficient (Wildman–Crippen LogP) is 3.60. The van der Waals surface area contributed by atoms with Gasteiger partial charge in [-0.1, -0.05) is 36.9 Å². The van der Waals surface area contributed by atoms with E-state index in [2.05, 4.69) is 11.9 Å². The van der Waals surface area contributed by atoms with Crippen molar-refractivity contribution in [2.75, 3.05) is 20.8 Å². The molecule has 2 rings (SSSR count). The Hall–Kier alpha value is -3.21. The van der Waals surface area contributed by atoms with Crippen molar-refractivity contribution in [2.45, 2.75) is 6.54 Å². The molecule has 0 bridgehead atoms. The van der Waals surface area contributed by atoms with Crippen molar-refractivity contribution in [3.8, 4) is 17.2 Å². The maximum atomic E-state index is 12.0. The Bertz CT molecular complexity index is 783. The number of carbonyl (C=O) groups excluding carboxylic acids is 1. The number of para-hydroxylation sites is 1. The molecule has 0 saturated carbocycles. The van der Waals surface area contributed by atoms with E-state index in [9.17, 15) is 4.79 Å². The summed E-state index contributed by atoms with van der Waals surface area (Å²) in [5.41, 5.74) is 1.75. The molecule has 0 aliphatic carbocycles. The van der Waals surface area contributed by atoms with Crippen LogP contribution >= 0.6 is 0 Å². The summed E-state index contributed by atoms with van der Waals surface area (Å²) < 4.78 is 16.1. The molecule has 0 saturated heterocycles. The van der Waals surface area contributed by atoms with Crippen molar-refractivity contribution in [2.24, 2.45) is 0 Å². The first-order valence-corrected chi connectivity index (χ1v) is 8.17. The Kier molecular flexibility index (Phi) is 7.31. The minimum Gasteiger partial charge on any atom is -0.496 e. The van der Waals surface area contributed by atoms with Crippen molar-refractivity contribution in [1.29, 1.82) is 0 Å². The normalized spacial score (nSPS) is 10.4. The van der Waals surface area contributed by atoms with Crippen LogP contribution in [0.3, 0.4) is 0 Å². The first kappa shape index (κ1) is 19.1. The lowest BCUT2D eigenvalue weighted by Gasteiger charge is -2.10. The van der Waals surface area contributed by atoms with Crippen molar-refractivity contribution in [1.82, 2.24) is 5.32 Å². The van der Waals surface area contributed by atoms with E-state index < -0.39 is 0 Å². The number of nitrogens with one attached hydrogen (secondary N) is 1. The van der Waals surface area contributed by atoms with Gasteiger partial charge >= 0.3 is 0 Å². The molecule has 0 heterocycles. The van der Waals surface area contributed by atoms with Gasteiger partial charge in [0, 0.05) is 18.2 Å². The minimum atomic E-state index is -0.193. The largest absolute Gasteiger partial charge is 0.496 e. The van der Waals surface area contributed by atoms with E-state index >= 15 is 0 Å². The van der Waals surface area contributed by atoms with Gasteiger partial charge < -0.3 is 19.5 Å². The van der Waals surface area contributed by atoms with Gasteiger partial charge in [-0.05, 0) is 29.8 Å². The van der Waals surface area contributed by atoms with Gasteiger partial charge in [-0.2, -0.15) is 0 Å². The van der Waals surface area contributed by atoms with Gasteiger partial charge in [-0.3, -0.25) is 4.79 Å². The van der Waals surface area contributed by atoms with Crippen LogP contribution in [-0.4, -0.2) is 26.7 Å². The fraction of sp³-hybridized carbons (Fsp3) is 0.190. The van der Waals surface area contributed by atoms with E-state index in [1.54, 1.807) is 32.4 Å². The Morgan fingerprint density at radius 3 is 2.58 bits per heavy atom. The van der Waals surface area contributed by atoms with Gasteiger partial charge in [0.15, 0.2) is 11.5 Å². The Morgan fingerprint density at radius 2 is 1.85 bits per heavy atom. The summed E-state index contributed by atoms with van der Waals surface area (Å²) in [5.74, 6) is 1.78. The molecule has 0 spiro atoms. The summed E-state index contributed by atoms with van der Waals surface area (Å²) in [7, 11) is 3.18. The van der Waals surface area contributed by atoms with E-state index in [0.717, 1.165) is 16.9 Å². The number of rotatable bonds is 9. The smallest absolute Gasteiger partial charge is 0.244 e. The first-order valence-electron chi connectivity index (χ1n) is 8.17. The minimum absolute atomic E-state index is 0.193. The van der Waals surface area contributed by atoms with Crippen LogP contribution in [0.5, 0.6) is 17.2 Å². The van der Waals surface area contributed by atoms with Crippen LogP contribution in [0.15, 0.2) is 61.2 Å². The van der Waals surface area contributed by atoms with Crippen molar-refractivity contribution >= 4 is 12.0 Å². The SMILES string of the molecule is C=CCOc1ccc(/C=C/C(=O)NCc2ccccc2OC)cc1OC.